The maximum absolute atomic E-state index is 13.4. The average molecular weight is 288 g/mol. The van der Waals surface area contributed by atoms with Crippen LogP contribution in [0, 0.1) is 5.82 Å². The fourth-order valence-corrected chi connectivity index (χ4v) is 2.20. The molecule has 2 rings (SSSR count). The second-order valence-corrected chi connectivity index (χ2v) is 4.96. The summed E-state index contributed by atoms with van der Waals surface area (Å²) < 4.78 is 13.7. The van der Waals surface area contributed by atoms with E-state index in [0.29, 0.717) is 22.9 Å². The van der Waals surface area contributed by atoms with Crippen molar-refractivity contribution in [1.29, 1.82) is 0 Å². The number of nitrogens with two attached hydrogens (primary N) is 1. The smallest absolute Gasteiger partial charge is 0.321 e. The highest BCUT2D eigenvalue weighted by molar-refractivity contribution is 9.10. The monoisotopic (exact) mass is 287 g/mol. The molecule has 1 aliphatic carbocycles. The molecule has 0 saturated heterocycles. The predicted molar refractivity (Wildman–Crippen MR) is 60.6 cm³/mol. The highest BCUT2D eigenvalue weighted by atomic mass is 79.9. The predicted octanol–water partition coefficient (Wildman–Crippen LogP) is 2.03. The molecule has 0 spiro atoms. The van der Waals surface area contributed by atoms with Crippen molar-refractivity contribution in [3.8, 4) is 0 Å². The van der Waals surface area contributed by atoms with Crippen LogP contribution in [0.5, 0.6) is 0 Å². The van der Waals surface area contributed by atoms with Gasteiger partial charge in [0.05, 0.1) is 4.47 Å². The summed E-state index contributed by atoms with van der Waals surface area (Å²) >= 11 is 3.06. The summed E-state index contributed by atoms with van der Waals surface area (Å²) in [6.45, 7) is 0. The molecule has 0 radical (unpaired) electrons. The third kappa shape index (κ3) is 1.74. The van der Waals surface area contributed by atoms with Crippen LogP contribution in [0.15, 0.2) is 22.7 Å². The summed E-state index contributed by atoms with van der Waals surface area (Å²) in [7, 11) is 0. The summed E-state index contributed by atoms with van der Waals surface area (Å²) in [5.41, 5.74) is 5.74. The van der Waals surface area contributed by atoms with Gasteiger partial charge in [0.25, 0.3) is 0 Å². The van der Waals surface area contributed by atoms with Crippen LogP contribution in [-0.4, -0.2) is 17.1 Å². The van der Waals surface area contributed by atoms with E-state index in [1.54, 1.807) is 12.1 Å². The molecule has 0 aromatic heterocycles. The summed E-state index contributed by atoms with van der Waals surface area (Å²) in [5.74, 6) is -1.43. The fraction of sp³-hybridized carbons (Fsp3) is 0.364. The molecule has 1 aromatic carbocycles. The number of hydrogen-bond acceptors (Lipinski definition) is 2. The van der Waals surface area contributed by atoms with E-state index in [1.165, 1.54) is 6.07 Å². The van der Waals surface area contributed by atoms with Gasteiger partial charge in [-0.25, -0.2) is 4.39 Å². The van der Waals surface area contributed by atoms with E-state index in [4.69, 9.17) is 10.8 Å². The van der Waals surface area contributed by atoms with Gasteiger partial charge >= 0.3 is 5.97 Å². The number of hydrogen-bond donors (Lipinski definition) is 2. The van der Waals surface area contributed by atoms with Gasteiger partial charge in [-0.2, -0.15) is 0 Å². The quantitative estimate of drug-likeness (QED) is 0.894. The lowest BCUT2D eigenvalue weighted by molar-refractivity contribution is -0.139. The Morgan fingerprint density at radius 3 is 2.62 bits per heavy atom. The highest BCUT2D eigenvalue weighted by Gasteiger charge is 2.52. The number of carbonyl (C=O) groups is 1. The zero-order chi connectivity index (χ0) is 11.9. The van der Waals surface area contributed by atoms with Gasteiger partial charge in [0.2, 0.25) is 0 Å². The zero-order valence-electron chi connectivity index (χ0n) is 8.41. The summed E-state index contributed by atoms with van der Waals surface area (Å²) in [6, 6.07) is 3.70. The molecule has 16 heavy (non-hydrogen) atoms. The fourth-order valence-electron chi connectivity index (χ4n) is 1.96. The van der Waals surface area contributed by atoms with Crippen LogP contribution >= 0.6 is 15.9 Å². The van der Waals surface area contributed by atoms with Crippen molar-refractivity contribution in [2.45, 2.75) is 24.3 Å². The van der Waals surface area contributed by atoms with Gasteiger partial charge in [-0.15, -0.1) is 0 Å². The second-order valence-electron chi connectivity index (χ2n) is 4.10. The van der Waals surface area contributed by atoms with Gasteiger partial charge in [-0.3, -0.25) is 4.79 Å². The maximum atomic E-state index is 13.4. The van der Waals surface area contributed by atoms with Gasteiger partial charge in [-0.05, 0) is 46.5 Å². The molecule has 1 fully saturated rings. The van der Waals surface area contributed by atoms with Crippen LogP contribution in [0.25, 0.3) is 0 Å². The van der Waals surface area contributed by atoms with Crippen molar-refractivity contribution in [2.24, 2.45) is 5.73 Å². The zero-order valence-corrected chi connectivity index (χ0v) is 10.00. The van der Waals surface area contributed by atoms with Crippen molar-refractivity contribution in [1.82, 2.24) is 0 Å². The normalized spacial score (nSPS) is 19.2. The van der Waals surface area contributed by atoms with E-state index >= 15 is 0 Å². The molecular weight excluding hydrogens is 277 g/mol. The largest absolute Gasteiger partial charge is 0.480 e. The molecule has 1 atom stereocenters. The molecule has 3 N–H and O–H groups in total. The molecule has 0 amide bonds. The third-order valence-electron chi connectivity index (χ3n) is 3.14. The van der Waals surface area contributed by atoms with E-state index < -0.39 is 17.4 Å². The van der Waals surface area contributed by atoms with Gasteiger partial charge in [0, 0.05) is 5.41 Å². The van der Waals surface area contributed by atoms with E-state index in [1.807, 2.05) is 0 Å². The molecule has 1 aromatic rings. The Balaban J connectivity index is 2.37. The Labute approximate surface area is 101 Å². The van der Waals surface area contributed by atoms with Crippen LogP contribution in [0.2, 0.25) is 0 Å². The Morgan fingerprint density at radius 1 is 1.56 bits per heavy atom. The molecule has 3 nitrogen and oxygen atoms in total. The first-order valence-corrected chi connectivity index (χ1v) is 5.70. The average Bonchev–Trinajstić information content (AvgIpc) is 3.02. The van der Waals surface area contributed by atoms with Crippen molar-refractivity contribution in [2.75, 3.05) is 0 Å². The van der Waals surface area contributed by atoms with Crippen LogP contribution < -0.4 is 5.73 Å². The van der Waals surface area contributed by atoms with E-state index in [2.05, 4.69) is 15.9 Å². The Kier molecular flexibility index (Phi) is 2.75. The molecule has 0 bridgehead atoms. The topological polar surface area (TPSA) is 63.3 Å². The first-order chi connectivity index (χ1) is 7.47. The van der Waals surface area contributed by atoms with Crippen molar-refractivity contribution >= 4 is 21.9 Å². The van der Waals surface area contributed by atoms with Crippen molar-refractivity contribution in [3.05, 3.63) is 34.1 Å². The molecule has 1 saturated carbocycles. The molecule has 86 valence electrons. The Bertz CT molecular complexity index is 446. The molecule has 0 unspecified atom stereocenters. The molecule has 1 aliphatic rings. The summed E-state index contributed by atoms with van der Waals surface area (Å²) in [5, 5.41) is 8.91. The number of aliphatic carboxylic acids is 1. The maximum Gasteiger partial charge on any atom is 0.321 e. The number of benzene rings is 1. The molecule has 5 heteroatoms. The lowest BCUT2D eigenvalue weighted by atomic mass is 9.88. The number of carboxylic acid groups (broad SMARTS) is 1. The van der Waals surface area contributed by atoms with Crippen LogP contribution in [0.1, 0.15) is 18.4 Å². The molecule has 0 aliphatic heterocycles. The lowest BCUT2D eigenvalue weighted by Gasteiger charge is -2.20. The standard InChI is InChI=1S/C11H11BrFNO2/c12-7-2-1-6(5-8(7)13)11(3-4-11)9(14)10(15)16/h1-2,5,9H,3-4,14H2,(H,15,16)/t9-/m0/s1. The van der Waals surface area contributed by atoms with Crippen molar-refractivity contribution < 1.29 is 14.3 Å². The van der Waals surface area contributed by atoms with Crippen molar-refractivity contribution in [3.63, 3.8) is 0 Å². The minimum absolute atomic E-state index is 0.371. The highest BCUT2D eigenvalue weighted by Crippen LogP contribution is 2.50. The van der Waals surface area contributed by atoms with E-state index in [0.717, 1.165) is 0 Å². The Hall–Kier alpha value is -0.940. The second kappa shape index (κ2) is 3.82. The van der Waals surface area contributed by atoms with Gasteiger partial charge in [0.1, 0.15) is 11.9 Å². The Morgan fingerprint density at radius 2 is 2.19 bits per heavy atom. The number of rotatable bonds is 3. The SMILES string of the molecule is N[C@@H](C(=O)O)C1(c2ccc(Br)c(F)c2)CC1. The lowest BCUT2D eigenvalue weighted by Crippen LogP contribution is -2.42. The van der Waals surface area contributed by atoms with E-state index in [-0.39, 0.29) is 5.82 Å². The van der Waals surface area contributed by atoms with Crippen LogP contribution in [-0.2, 0) is 10.2 Å². The first-order valence-electron chi connectivity index (χ1n) is 4.91. The molecular formula is C11H11BrFNO2. The molecule has 0 heterocycles. The van der Waals surface area contributed by atoms with Gasteiger partial charge < -0.3 is 10.8 Å². The number of carboxylic acids is 1. The third-order valence-corrected chi connectivity index (χ3v) is 3.79. The minimum atomic E-state index is -1.04. The van der Waals surface area contributed by atoms with Gasteiger partial charge in [0.15, 0.2) is 0 Å². The van der Waals surface area contributed by atoms with Crippen LogP contribution in [0.3, 0.4) is 0 Å². The first kappa shape index (κ1) is 11.5. The van der Waals surface area contributed by atoms with E-state index in [9.17, 15) is 9.18 Å². The summed E-state index contributed by atoms with van der Waals surface area (Å²) in [4.78, 5) is 10.9. The minimum Gasteiger partial charge on any atom is -0.480 e. The number of halogens is 2. The summed E-state index contributed by atoms with van der Waals surface area (Å²) in [6.07, 6.45) is 1.39. The van der Waals surface area contributed by atoms with Gasteiger partial charge in [-0.1, -0.05) is 6.07 Å². The van der Waals surface area contributed by atoms with Crippen LogP contribution in [0.4, 0.5) is 4.39 Å².